The Hall–Kier alpha value is -1.16. The quantitative estimate of drug-likeness (QED) is 0.576. The van der Waals surface area contributed by atoms with Gasteiger partial charge in [-0.15, -0.1) is 0 Å². The van der Waals surface area contributed by atoms with Crippen LogP contribution in [0.15, 0.2) is 0 Å². The first-order valence-corrected chi connectivity index (χ1v) is 4.81. The normalized spacial score (nSPS) is 35.6. The fourth-order valence-corrected chi connectivity index (χ4v) is 1.89. The predicted molar refractivity (Wildman–Crippen MR) is 46.9 cm³/mol. The highest BCUT2D eigenvalue weighted by Gasteiger charge is 2.53. The summed E-state index contributed by atoms with van der Waals surface area (Å²) in [5.41, 5.74) is -0.822. The number of hydrogen-bond acceptors (Lipinski definition) is 6. The summed E-state index contributed by atoms with van der Waals surface area (Å²) in [5.74, 6) is -0.470. The van der Waals surface area contributed by atoms with Crippen LogP contribution >= 0.6 is 0 Å². The molecule has 0 N–H and O–H groups in total. The van der Waals surface area contributed by atoms with Gasteiger partial charge in [0.25, 0.3) is 0 Å². The maximum Gasteiger partial charge on any atom is 0.337 e. The summed E-state index contributed by atoms with van der Waals surface area (Å²) >= 11 is 0. The molecular weight excluding hydrogens is 200 g/mol. The smallest absolute Gasteiger partial charge is 0.337 e. The van der Waals surface area contributed by atoms with Crippen molar-refractivity contribution < 1.29 is 19.2 Å². The lowest BCUT2D eigenvalue weighted by Crippen LogP contribution is -2.45. The third-order valence-electron chi connectivity index (χ3n) is 2.71. The molecular formula is C9H12N2O4. The molecule has 2 fully saturated rings. The molecule has 1 unspecified atom stereocenters. The van der Waals surface area contributed by atoms with Gasteiger partial charge in [-0.3, -0.25) is 9.68 Å². The monoisotopic (exact) mass is 212 g/mol. The Morgan fingerprint density at radius 2 is 2.53 bits per heavy atom. The molecule has 0 aromatic heterocycles. The van der Waals surface area contributed by atoms with Crippen molar-refractivity contribution in [1.29, 1.82) is 5.26 Å². The van der Waals surface area contributed by atoms with E-state index in [9.17, 15) is 4.79 Å². The molecule has 6 nitrogen and oxygen atoms in total. The van der Waals surface area contributed by atoms with E-state index in [4.69, 9.17) is 14.9 Å². The lowest BCUT2D eigenvalue weighted by Gasteiger charge is -2.32. The third kappa shape index (κ3) is 1.59. The van der Waals surface area contributed by atoms with E-state index < -0.39 is 17.6 Å². The molecule has 2 rings (SSSR count). The van der Waals surface area contributed by atoms with Crippen molar-refractivity contribution in [3.05, 3.63) is 0 Å². The largest absolute Gasteiger partial charge is 0.467 e. The molecule has 2 aliphatic heterocycles. The highest BCUT2D eigenvalue weighted by Crippen LogP contribution is 2.38. The molecule has 82 valence electrons. The van der Waals surface area contributed by atoms with E-state index in [1.54, 1.807) is 0 Å². The zero-order chi connectivity index (χ0) is 10.9. The topological polar surface area (TPSA) is 71.8 Å². The standard InChI is InChI=1S/C9H12N2O4/c1-13-8(12)7-5-9(6-10)3-2-4-14-11(9)15-7/h7H,2-5H2,1H3/t7?,9-/m1/s1. The maximum atomic E-state index is 11.3. The number of hydrogen-bond donors (Lipinski definition) is 0. The van der Waals surface area contributed by atoms with Crippen LogP contribution in [0.2, 0.25) is 0 Å². The van der Waals surface area contributed by atoms with Gasteiger partial charge >= 0.3 is 5.97 Å². The van der Waals surface area contributed by atoms with Gasteiger partial charge in [0.05, 0.1) is 19.8 Å². The summed E-state index contributed by atoms with van der Waals surface area (Å²) in [6, 6.07) is 2.16. The molecule has 2 heterocycles. The first-order chi connectivity index (χ1) is 7.22. The Morgan fingerprint density at radius 1 is 1.73 bits per heavy atom. The van der Waals surface area contributed by atoms with Crippen molar-refractivity contribution >= 4 is 5.97 Å². The van der Waals surface area contributed by atoms with Crippen LogP contribution < -0.4 is 0 Å². The van der Waals surface area contributed by atoms with Gasteiger partial charge in [-0.1, -0.05) is 0 Å². The van der Waals surface area contributed by atoms with Crippen LogP contribution in [0.3, 0.4) is 0 Å². The van der Waals surface area contributed by atoms with Crippen molar-refractivity contribution in [1.82, 2.24) is 5.23 Å². The number of rotatable bonds is 1. The highest BCUT2D eigenvalue weighted by molar-refractivity contribution is 5.75. The second-order valence-electron chi connectivity index (χ2n) is 3.66. The molecule has 0 amide bonds. The van der Waals surface area contributed by atoms with E-state index in [-0.39, 0.29) is 0 Å². The summed E-state index contributed by atoms with van der Waals surface area (Å²) in [6.45, 7) is 0.511. The van der Waals surface area contributed by atoms with Crippen molar-refractivity contribution in [2.45, 2.75) is 30.9 Å². The number of hydroxylamine groups is 2. The van der Waals surface area contributed by atoms with Gasteiger partial charge in [0.1, 0.15) is 0 Å². The van der Waals surface area contributed by atoms with E-state index in [0.29, 0.717) is 19.4 Å². The van der Waals surface area contributed by atoms with Crippen LogP contribution in [0.5, 0.6) is 0 Å². The minimum absolute atomic E-state index is 0.302. The SMILES string of the molecule is COC(=O)C1C[C@@]2(C#N)CCCON2O1. The second kappa shape index (κ2) is 3.77. The van der Waals surface area contributed by atoms with E-state index in [2.05, 4.69) is 10.8 Å². The minimum atomic E-state index is -0.822. The maximum absolute atomic E-state index is 11.3. The number of fused-ring (bicyclic) bond motifs is 1. The highest BCUT2D eigenvalue weighted by atomic mass is 17.0. The molecule has 2 aliphatic rings. The molecule has 15 heavy (non-hydrogen) atoms. The van der Waals surface area contributed by atoms with Crippen LogP contribution in [0.25, 0.3) is 0 Å². The zero-order valence-corrected chi connectivity index (χ0v) is 8.43. The molecule has 2 atom stereocenters. The molecule has 0 aliphatic carbocycles. The van der Waals surface area contributed by atoms with E-state index in [1.165, 1.54) is 7.11 Å². The number of carbonyl (C=O) groups excluding carboxylic acids is 1. The Bertz CT molecular complexity index is 314. The molecule has 2 saturated heterocycles. The lowest BCUT2D eigenvalue weighted by molar-refractivity contribution is -0.392. The summed E-state index contributed by atoms with van der Waals surface area (Å²) in [6.07, 6.45) is 1.02. The van der Waals surface area contributed by atoms with Crippen molar-refractivity contribution in [3.63, 3.8) is 0 Å². The van der Waals surface area contributed by atoms with Crippen molar-refractivity contribution in [2.24, 2.45) is 0 Å². The van der Waals surface area contributed by atoms with Gasteiger partial charge in [0.2, 0.25) is 0 Å². The summed E-state index contributed by atoms with van der Waals surface area (Å²) < 4.78 is 4.57. The van der Waals surface area contributed by atoms with Crippen molar-refractivity contribution in [2.75, 3.05) is 13.7 Å². The molecule has 0 bridgehead atoms. The first-order valence-electron chi connectivity index (χ1n) is 4.81. The van der Waals surface area contributed by atoms with E-state index in [0.717, 1.165) is 11.6 Å². The lowest BCUT2D eigenvalue weighted by atomic mass is 9.90. The number of carbonyl (C=O) groups is 1. The average Bonchev–Trinajstić information content (AvgIpc) is 2.67. The van der Waals surface area contributed by atoms with Crippen LogP contribution in [0.1, 0.15) is 19.3 Å². The Morgan fingerprint density at radius 3 is 3.13 bits per heavy atom. The van der Waals surface area contributed by atoms with Crippen molar-refractivity contribution in [3.8, 4) is 6.07 Å². The van der Waals surface area contributed by atoms with Gasteiger partial charge in [-0.25, -0.2) is 4.79 Å². The van der Waals surface area contributed by atoms with Crippen LogP contribution in [0.4, 0.5) is 0 Å². The zero-order valence-electron chi connectivity index (χ0n) is 8.43. The minimum Gasteiger partial charge on any atom is -0.467 e. The van der Waals surface area contributed by atoms with Gasteiger partial charge in [0, 0.05) is 6.42 Å². The summed E-state index contributed by atoms with van der Waals surface area (Å²) in [5, 5.41) is 10.3. The Labute approximate surface area is 87.2 Å². The van der Waals surface area contributed by atoms with E-state index in [1.807, 2.05) is 0 Å². The Kier molecular flexibility index (Phi) is 2.61. The fraction of sp³-hybridized carbons (Fsp3) is 0.778. The summed E-state index contributed by atoms with van der Waals surface area (Å²) in [7, 11) is 1.29. The number of esters is 1. The number of nitriles is 1. The number of nitrogens with zero attached hydrogens (tertiary/aromatic N) is 2. The first kappa shape index (κ1) is 10.4. The van der Waals surface area contributed by atoms with Gasteiger partial charge in [-0.2, -0.15) is 5.26 Å². The molecule has 6 heteroatoms. The average molecular weight is 212 g/mol. The molecule has 0 spiro atoms. The summed E-state index contributed by atoms with van der Waals surface area (Å²) in [4.78, 5) is 21.7. The third-order valence-corrected chi connectivity index (χ3v) is 2.71. The van der Waals surface area contributed by atoms with Crippen LogP contribution in [0, 0.1) is 11.3 Å². The van der Waals surface area contributed by atoms with Gasteiger partial charge < -0.3 is 4.74 Å². The van der Waals surface area contributed by atoms with Gasteiger partial charge in [-0.05, 0) is 18.1 Å². The second-order valence-corrected chi connectivity index (χ2v) is 3.66. The molecule has 0 radical (unpaired) electrons. The fourth-order valence-electron chi connectivity index (χ4n) is 1.89. The van der Waals surface area contributed by atoms with Crippen LogP contribution in [-0.2, 0) is 19.2 Å². The number of ether oxygens (including phenoxy) is 1. The number of methoxy groups -OCH3 is 1. The molecule has 0 saturated carbocycles. The van der Waals surface area contributed by atoms with E-state index >= 15 is 0 Å². The predicted octanol–water partition coefficient (Wildman–Crippen LogP) is 0.153. The van der Waals surface area contributed by atoms with Crippen LogP contribution in [-0.4, -0.2) is 36.6 Å². The Balaban J connectivity index is 2.15. The molecule has 0 aromatic carbocycles. The molecule has 0 aromatic rings. The van der Waals surface area contributed by atoms with Gasteiger partial charge in [0.15, 0.2) is 11.6 Å².